The van der Waals surface area contributed by atoms with Crippen molar-refractivity contribution >= 4 is 11.6 Å². The molecule has 0 aliphatic heterocycles. The van der Waals surface area contributed by atoms with Crippen molar-refractivity contribution < 1.29 is 8.78 Å². The van der Waals surface area contributed by atoms with Gasteiger partial charge in [-0.3, -0.25) is 0 Å². The van der Waals surface area contributed by atoms with Crippen molar-refractivity contribution in [2.24, 2.45) is 0 Å². The van der Waals surface area contributed by atoms with E-state index in [2.05, 4.69) is 5.10 Å². The fourth-order valence-corrected chi connectivity index (χ4v) is 2.38. The fraction of sp³-hybridized carbons (Fsp3) is 0.308. The van der Waals surface area contributed by atoms with E-state index in [1.165, 1.54) is 10.7 Å². The number of hydrogen-bond acceptors (Lipinski definition) is 1. The predicted octanol–water partition coefficient (Wildman–Crippen LogP) is 4.39. The van der Waals surface area contributed by atoms with E-state index in [4.69, 9.17) is 11.6 Å². The Hall–Kier alpha value is -1.42. The predicted molar refractivity (Wildman–Crippen MR) is 67.7 cm³/mol. The Bertz CT molecular complexity index is 568. The van der Waals surface area contributed by atoms with E-state index >= 15 is 0 Å². The number of aromatic nitrogens is 2. The molecular formula is C13H13ClF2N2. The van der Waals surface area contributed by atoms with Gasteiger partial charge < -0.3 is 0 Å². The lowest BCUT2D eigenvalue weighted by atomic mass is 10.1. The van der Waals surface area contributed by atoms with Gasteiger partial charge in [-0.1, -0.05) is 29.3 Å². The quantitative estimate of drug-likeness (QED) is 0.791. The van der Waals surface area contributed by atoms with Crippen LogP contribution in [-0.4, -0.2) is 9.78 Å². The summed E-state index contributed by atoms with van der Waals surface area (Å²) in [6.07, 6.45) is -2.62. The van der Waals surface area contributed by atoms with Gasteiger partial charge in [0.05, 0.1) is 5.69 Å². The SMILES string of the molecule is Cc1cc(C)c(-n2nc(C(F)F)cc2Cl)c(C)c1. The van der Waals surface area contributed by atoms with Crippen molar-refractivity contribution in [3.8, 4) is 5.69 Å². The van der Waals surface area contributed by atoms with Crippen LogP contribution in [0.1, 0.15) is 28.8 Å². The Kier molecular flexibility index (Phi) is 3.39. The number of rotatable bonds is 2. The van der Waals surface area contributed by atoms with E-state index in [-0.39, 0.29) is 10.8 Å². The highest BCUT2D eigenvalue weighted by Gasteiger charge is 2.17. The average molecular weight is 271 g/mol. The van der Waals surface area contributed by atoms with Gasteiger partial charge in [-0.15, -0.1) is 0 Å². The topological polar surface area (TPSA) is 17.8 Å². The third kappa shape index (κ3) is 2.25. The van der Waals surface area contributed by atoms with E-state index in [1.807, 2.05) is 32.9 Å². The largest absolute Gasteiger partial charge is 0.282 e. The Morgan fingerprint density at radius 3 is 2.11 bits per heavy atom. The highest BCUT2D eigenvalue weighted by molar-refractivity contribution is 6.29. The number of alkyl halides is 2. The van der Waals surface area contributed by atoms with E-state index < -0.39 is 6.43 Å². The number of aryl methyl sites for hydroxylation is 3. The lowest BCUT2D eigenvalue weighted by Crippen LogP contribution is -2.03. The van der Waals surface area contributed by atoms with Gasteiger partial charge >= 0.3 is 0 Å². The van der Waals surface area contributed by atoms with Crippen LogP contribution in [0.5, 0.6) is 0 Å². The van der Waals surface area contributed by atoms with Gasteiger partial charge in [-0.2, -0.15) is 5.10 Å². The van der Waals surface area contributed by atoms with Gasteiger partial charge in [0.1, 0.15) is 10.8 Å². The lowest BCUT2D eigenvalue weighted by molar-refractivity contribution is 0.145. The molecule has 1 aromatic heterocycles. The molecule has 0 fully saturated rings. The highest BCUT2D eigenvalue weighted by Crippen LogP contribution is 2.27. The highest BCUT2D eigenvalue weighted by atomic mass is 35.5. The second-order valence-corrected chi connectivity index (χ2v) is 4.74. The molecule has 0 aliphatic carbocycles. The molecule has 0 N–H and O–H groups in total. The maximum Gasteiger partial charge on any atom is 0.282 e. The standard InChI is InChI=1S/C13H13ClF2N2/c1-7-4-8(2)12(9(3)5-7)18-11(14)6-10(17-18)13(15)16/h4-6,13H,1-3H3. The van der Waals surface area contributed by atoms with Gasteiger partial charge in [0, 0.05) is 6.07 Å². The molecular weight excluding hydrogens is 258 g/mol. The number of hydrogen-bond donors (Lipinski definition) is 0. The second-order valence-electron chi connectivity index (χ2n) is 4.35. The number of halogens is 3. The first-order chi connectivity index (χ1) is 8.40. The van der Waals surface area contributed by atoms with Crippen molar-refractivity contribution in [1.82, 2.24) is 9.78 Å². The summed E-state index contributed by atoms with van der Waals surface area (Å²) in [6.45, 7) is 5.81. The Morgan fingerprint density at radius 1 is 1.11 bits per heavy atom. The first-order valence-corrected chi connectivity index (χ1v) is 5.89. The molecule has 0 radical (unpaired) electrons. The monoisotopic (exact) mass is 270 g/mol. The average Bonchev–Trinajstić information content (AvgIpc) is 2.59. The zero-order chi connectivity index (χ0) is 13.4. The summed E-state index contributed by atoms with van der Waals surface area (Å²) in [6, 6.07) is 5.15. The van der Waals surface area contributed by atoms with Crippen LogP contribution in [0.4, 0.5) is 8.78 Å². The van der Waals surface area contributed by atoms with Crippen molar-refractivity contribution in [1.29, 1.82) is 0 Å². The van der Waals surface area contributed by atoms with Crippen LogP contribution in [0.3, 0.4) is 0 Å². The Morgan fingerprint density at radius 2 is 1.67 bits per heavy atom. The van der Waals surface area contributed by atoms with Crippen LogP contribution in [0.2, 0.25) is 5.15 Å². The first kappa shape index (κ1) is 13.0. The Balaban J connectivity index is 2.62. The van der Waals surface area contributed by atoms with Crippen LogP contribution in [0, 0.1) is 20.8 Å². The van der Waals surface area contributed by atoms with Crippen molar-refractivity contribution in [3.63, 3.8) is 0 Å². The maximum absolute atomic E-state index is 12.6. The van der Waals surface area contributed by atoms with Gasteiger partial charge in [0.25, 0.3) is 6.43 Å². The molecule has 0 bridgehead atoms. The van der Waals surface area contributed by atoms with Crippen molar-refractivity contribution in [3.05, 3.63) is 45.7 Å². The third-order valence-corrected chi connectivity index (χ3v) is 3.02. The fourth-order valence-electron chi connectivity index (χ4n) is 2.15. The van der Waals surface area contributed by atoms with E-state index in [0.29, 0.717) is 0 Å². The third-order valence-electron chi connectivity index (χ3n) is 2.76. The number of nitrogens with zero attached hydrogens (tertiary/aromatic N) is 2. The molecule has 0 unspecified atom stereocenters. The minimum absolute atomic E-state index is 0.195. The van der Waals surface area contributed by atoms with Gasteiger partial charge in [0.2, 0.25) is 0 Å². The first-order valence-electron chi connectivity index (χ1n) is 5.52. The molecule has 2 rings (SSSR count). The molecule has 96 valence electrons. The summed E-state index contributed by atoms with van der Waals surface area (Å²) in [5.74, 6) is 0. The molecule has 0 aliphatic rings. The van der Waals surface area contributed by atoms with Crippen LogP contribution in [0.15, 0.2) is 18.2 Å². The van der Waals surface area contributed by atoms with Crippen molar-refractivity contribution in [2.75, 3.05) is 0 Å². The minimum atomic E-state index is -2.62. The molecule has 1 heterocycles. The summed E-state index contributed by atoms with van der Waals surface area (Å²) in [5, 5.41) is 4.06. The van der Waals surface area contributed by atoms with Crippen LogP contribution in [0.25, 0.3) is 5.69 Å². The number of benzene rings is 1. The van der Waals surface area contributed by atoms with Crippen LogP contribution < -0.4 is 0 Å². The molecule has 0 saturated heterocycles. The molecule has 1 aromatic carbocycles. The summed E-state index contributed by atoms with van der Waals surface area (Å²) in [5.41, 5.74) is 3.49. The molecule has 0 saturated carbocycles. The molecule has 18 heavy (non-hydrogen) atoms. The van der Waals surface area contributed by atoms with E-state index in [9.17, 15) is 8.78 Å². The summed E-state index contributed by atoms with van der Waals surface area (Å²) in [4.78, 5) is 0. The summed E-state index contributed by atoms with van der Waals surface area (Å²) >= 11 is 5.97. The molecule has 0 amide bonds. The summed E-state index contributed by atoms with van der Waals surface area (Å²) < 4.78 is 26.6. The normalized spacial score (nSPS) is 11.3. The smallest absolute Gasteiger partial charge is 0.221 e. The second kappa shape index (κ2) is 4.69. The Labute approximate surface area is 109 Å². The minimum Gasteiger partial charge on any atom is -0.221 e. The molecule has 0 spiro atoms. The van der Waals surface area contributed by atoms with Crippen LogP contribution >= 0.6 is 11.6 Å². The van der Waals surface area contributed by atoms with Gasteiger partial charge in [0.15, 0.2) is 0 Å². The van der Waals surface area contributed by atoms with E-state index in [1.54, 1.807) is 0 Å². The van der Waals surface area contributed by atoms with Crippen molar-refractivity contribution in [2.45, 2.75) is 27.2 Å². The molecule has 2 nitrogen and oxygen atoms in total. The molecule has 5 heteroatoms. The maximum atomic E-state index is 12.6. The van der Waals surface area contributed by atoms with Gasteiger partial charge in [-0.05, 0) is 31.9 Å². The summed E-state index contributed by atoms with van der Waals surface area (Å²) in [7, 11) is 0. The van der Waals surface area contributed by atoms with E-state index in [0.717, 1.165) is 22.4 Å². The zero-order valence-corrected chi connectivity index (χ0v) is 11.1. The molecule has 2 aromatic rings. The lowest BCUT2D eigenvalue weighted by Gasteiger charge is -2.12. The van der Waals surface area contributed by atoms with Gasteiger partial charge in [-0.25, -0.2) is 13.5 Å². The zero-order valence-electron chi connectivity index (χ0n) is 10.3. The van der Waals surface area contributed by atoms with Crippen LogP contribution in [-0.2, 0) is 0 Å². The molecule has 0 atom stereocenters.